The lowest BCUT2D eigenvalue weighted by Crippen LogP contribution is -2.45. The fourth-order valence-electron chi connectivity index (χ4n) is 3.43. The molecule has 31 heavy (non-hydrogen) atoms. The van der Waals surface area contributed by atoms with Crippen LogP contribution in [0, 0.1) is 6.92 Å². The lowest BCUT2D eigenvalue weighted by atomic mass is 10.2. The molecule has 164 valence electrons. The summed E-state index contributed by atoms with van der Waals surface area (Å²) in [6, 6.07) is 9.59. The summed E-state index contributed by atoms with van der Waals surface area (Å²) in [7, 11) is 0.899. The van der Waals surface area contributed by atoms with E-state index in [0.717, 1.165) is 48.3 Å². The molecule has 1 aliphatic heterocycles. The van der Waals surface area contributed by atoms with Gasteiger partial charge in [0.05, 0.1) is 17.5 Å². The summed E-state index contributed by atoms with van der Waals surface area (Å²) in [5, 5.41) is 4.51. The van der Waals surface area contributed by atoms with Gasteiger partial charge >= 0.3 is 0 Å². The summed E-state index contributed by atoms with van der Waals surface area (Å²) in [4.78, 5) is 18.1. The summed E-state index contributed by atoms with van der Waals surface area (Å²) in [6.45, 7) is 6.16. The molecule has 1 aliphatic rings. The zero-order chi connectivity index (χ0) is 21.8. The molecule has 4 rings (SSSR count). The molecule has 0 bridgehead atoms. The zero-order valence-corrected chi connectivity index (χ0v) is 19.2. The molecule has 0 spiro atoms. The Bertz CT molecular complexity index is 1090. The Morgan fingerprint density at radius 1 is 1.16 bits per heavy atom. The summed E-state index contributed by atoms with van der Waals surface area (Å²) < 4.78 is 15.5. The number of aromatic nitrogens is 3. The average Bonchev–Trinajstić information content (AvgIpc) is 2.74. The van der Waals surface area contributed by atoms with E-state index >= 15 is 0 Å². The first-order chi connectivity index (χ1) is 15.0. The van der Waals surface area contributed by atoms with Gasteiger partial charge in [0.2, 0.25) is 5.95 Å². The minimum atomic E-state index is -1.21. The van der Waals surface area contributed by atoms with Crippen LogP contribution in [0.3, 0.4) is 0 Å². The van der Waals surface area contributed by atoms with E-state index in [1.807, 2.05) is 31.2 Å². The number of fused-ring (bicyclic) bond motifs is 1. The van der Waals surface area contributed by atoms with Crippen LogP contribution in [0.25, 0.3) is 10.9 Å². The molecule has 1 aromatic carbocycles. The smallest absolute Gasteiger partial charge is 0.228 e. The molecule has 0 saturated carbocycles. The second-order valence-electron chi connectivity index (χ2n) is 7.63. The summed E-state index contributed by atoms with van der Waals surface area (Å²) in [5.41, 5.74) is 2.70. The van der Waals surface area contributed by atoms with Crippen LogP contribution in [-0.2, 0) is 11.0 Å². The van der Waals surface area contributed by atoms with Gasteiger partial charge < -0.3 is 19.8 Å². The van der Waals surface area contributed by atoms with Gasteiger partial charge in [0, 0.05) is 43.8 Å². The minimum Gasteiger partial charge on any atom is -0.368 e. The van der Waals surface area contributed by atoms with Gasteiger partial charge in [-0.25, -0.2) is 14.2 Å². The molecule has 10 heteroatoms. The highest BCUT2D eigenvalue weighted by molar-refractivity contribution is 7.86. The number of piperazine rings is 1. The Hall–Kier alpha value is -2.49. The third kappa shape index (κ3) is 5.61. The van der Waals surface area contributed by atoms with Crippen LogP contribution in [0.1, 0.15) is 5.56 Å². The van der Waals surface area contributed by atoms with Crippen molar-refractivity contribution in [2.75, 3.05) is 60.5 Å². The third-order valence-electron chi connectivity index (χ3n) is 5.15. The van der Waals surface area contributed by atoms with E-state index in [0.29, 0.717) is 29.2 Å². The third-order valence-corrected chi connectivity index (χ3v) is 6.40. The molecule has 0 radical (unpaired) electrons. The van der Waals surface area contributed by atoms with Gasteiger partial charge in [-0.05, 0) is 37.7 Å². The Morgan fingerprint density at radius 3 is 2.74 bits per heavy atom. The van der Waals surface area contributed by atoms with Gasteiger partial charge in [0.1, 0.15) is 22.0 Å². The molecule has 1 saturated heterocycles. The van der Waals surface area contributed by atoms with E-state index in [1.54, 1.807) is 12.3 Å². The number of anilines is 3. The number of hydrogen-bond acceptors (Lipinski definition) is 7. The van der Waals surface area contributed by atoms with Gasteiger partial charge in [-0.2, -0.15) is 4.98 Å². The molecule has 3 heterocycles. The quantitative estimate of drug-likeness (QED) is 0.525. The predicted molar refractivity (Wildman–Crippen MR) is 128 cm³/mol. The van der Waals surface area contributed by atoms with Gasteiger partial charge in [-0.15, -0.1) is 0 Å². The monoisotopic (exact) mass is 459 g/mol. The summed E-state index contributed by atoms with van der Waals surface area (Å²) in [5.74, 6) is 1.77. The Kier molecular flexibility index (Phi) is 6.84. The van der Waals surface area contributed by atoms with Gasteiger partial charge in [0.15, 0.2) is 0 Å². The lowest BCUT2D eigenvalue weighted by Gasteiger charge is -2.32. The van der Waals surface area contributed by atoms with Gasteiger partial charge in [0.25, 0.3) is 0 Å². The van der Waals surface area contributed by atoms with Crippen molar-refractivity contribution < 1.29 is 4.21 Å². The average molecular weight is 460 g/mol. The van der Waals surface area contributed by atoms with E-state index in [-0.39, 0.29) is 0 Å². The molecule has 1 unspecified atom stereocenters. The molecule has 8 nitrogen and oxygen atoms in total. The topological polar surface area (TPSA) is 86.3 Å². The van der Waals surface area contributed by atoms with Crippen LogP contribution in [-0.4, -0.2) is 69.6 Å². The molecular weight excluding hydrogens is 434 g/mol. The van der Waals surface area contributed by atoms with E-state index in [4.69, 9.17) is 21.6 Å². The fourth-order valence-corrected chi connectivity index (χ4v) is 4.37. The van der Waals surface area contributed by atoms with E-state index in [1.165, 1.54) is 0 Å². The standard InChI is InChI=1S/C21H26ClN7OS/c1-15-4-3-5-16(12-15)27-31(30)11-6-23-20-17-13-19(22)24-14-18(17)25-21(26-20)29-9-7-28(2)8-10-29/h3-5,12-14,27H,6-11H2,1-2H3,(H,23,25,26). The highest BCUT2D eigenvalue weighted by atomic mass is 35.5. The first-order valence-electron chi connectivity index (χ1n) is 10.2. The highest BCUT2D eigenvalue weighted by Gasteiger charge is 2.19. The number of pyridine rings is 1. The van der Waals surface area contributed by atoms with E-state index in [2.05, 4.69) is 31.9 Å². The zero-order valence-electron chi connectivity index (χ0n) is 17.6. The SMILES string of the molecule is Cc1cccc(NS(=O)CCNc2nc(N3CCN(C)CC3)nc3cnc(Cl)cc23)c1. The Morgan fingerprint density at radius 2 is 1.97 bits per heavy atom. The van der Waals surface area contributed by atoms with Crippen LogP contribution in [0.5, 0.6) is 0 Å². The molecule has 1 fully saturated rings. The number of rotatable bonds is 7. The molecule has 0 aliphatic carbocycles. The van der Waals surface area contributed by atoms with Crippen LogP contribution in [0.2, 0.25) is 5.15 Å². The van der Waals surface area contributed by atoms with E-state index < -0.39 is 11.0 Å². The molecule has 2 aromatic heterocycles. The van der Waals surface area contributed by atoms with E-state index in [9.17, 15) is 4.21 Å². The predicted octanol–water partition coefficient (Wildman–Crippen LogP) is 2.93. The summed E-state index contributed by atoms with van der Waals surface area (Å²) >= 11 is 6.11. The van der Waals surface area contributed by atoms with Gasteiger partial charge in [-0.3, -0.25) is 0 Å². The maximum absolute atomic E-state index is 12.5. The van der Waals surface area contributed by atoms with Crippen molar-refractivity contribution >= 4 is 50.9 Å². The Balaban J connectivity index is 1.47. The minimum absolute atomic E-state index is 0.385. The molecule has 2 N–H and O–H groups in total. The first kappa shape index (κ1) is 21.7. The van der Waals surface area contributed by atoms with Crippen LogP contribution in [0.15, 0.2) is 36.5 Å². The maximum atomic E-state index is 12.5. The van der Waals surface area contributed by atoms with Crippen molar-refractivity contribution in [3.05, 3.63) is 47.2 Å². The largest absolute Gasteiger partial charge is 0.368 e. The molecule has 1 atom stereocenters. The number of benzene rings is 1. The lowest BCUT2D eigenvalue weighted by molar-refractivity contribution is 0.311. The van der Waals surface area contributed by atoms with Crippen molar-refractivity contribution in [1.29, 1.82) is 0 Å². The maximum Gasteiger partial charge on any atom is 0.228 e. The normalized spacial score (nSPS) is 15.8. The second kappa shape index (κ2) is 9.76. The molecule has 3 aromatic rings. The fraction of sp³-hybridized carbons (Fsp3) is 0.381. The second-order valence-corrected chi connectivity index (χ2v) is 9.33. The Labute approximate surface area is 189 Å². The van der Waals surface area contributed by atoms with Crippen molar-refractivity contribution in [2.45, 2.75) is 6.92 Å². The van der Waals surface area contributed by atoms with Crippen molar-refractivity contribution in [3.8, 4) is 0 Å². The first-order valence-corrected chi connectivity index (χ1v) is 11.9. The number of aryl methyl sites for hydroxylation is 1. The number of halogens is 1. The van der Waals surface area contributed by atoms with Crippen LogP contribution >= 0.6 is 11.6 Å². The number of nitrogens with zero attached hydrogens (tertiary/aromatic N) is 5. The van der Waals surface area contributed by atoms with Gasteiger partial charge in [-0.1, -0.05) is 23.7 Å². The summed E-state index contributed by atoms with van der Waals surface area (Å²) in [6.07, 6.45) is 1.67. The van der Waals surface area contributed by atoms with Crippen molar-refractivity contribution in [1.82, 2.24) is 19.9 Å². The van der Waals surface area contributed by atoms with Crippen LogP contribution in [0.4, 0.5) is 17.5 Å². The number of likely N-dealkylation sites (N-methyl/N-ethyl adjacent to an activating group) is 1. The van der Waals surface area contributed by atoms with Crippen molar-refractivity contribution in [3.63, 3.8) is 0 Å². The van der Waals surface area contributed by atoms with Crippen molar-refractivity contribution in [2.24, 2.45) is 0 Å². The van der Waals surface area contributed by atoms with Crippen LogP contribution < -0.4 is 14.9 Å². The highest BCUT2D eigenvalue weighted by Crippen LogP contribution is 2.25. The molecule has 0 amide bonds. The number of hydrogen-bond donors (Lipinski definition) is 2. The molecular formula is C21H26ClN7OS. The number of nitrogens with one attached hydrogen (secondary N) is 2.